The molecule has 0 aliphatic heterocycles. The summed E-state index contributed by atoms with van der Waals surface area (Å²) in [5, 5.41) is 30.1. The van der Waals surface area contributed by atoms with Crippen LogP contribution in [0, 0.1) is 10.8 Å². The molecule has 296 valence electrons. The lowest BCUT2D eigenvalue weighted by Crippen LogP contribution is -2.56. The van der Waals surface area contributed by atoms with Crippen LogP contribution in [-0.2, 0) is 27.2 Å². The van der Waals surface area contributed by atoms with Gasteiger partial charge in [-0.2, -0.15) is 0 Å². The first-order chi connectivity index (χ1) is 26.9. The predicted molar refractivity (Wildman–Crippen MR) is 224 cm³/mol. The van der Waals surface area contributed by atoms with E-state index in [1.165, 1.54) is 0 Å². The van der Waals surface area contributed by atoms with Gasteiger partial charge in [-0.25, -0.2) is 0 Å². The van der Waals surface area contributed by atoms with Gasteiger partial charge in [-0.3, -0.25) is 25.2 Å². The van der Waals surface area contributed by atoms with Gasteiger partial charge < -0.3 is 43.8 Å². The Hall–Kier alpha value is -5.63. The van der Waals surface area contributed by atoms with E-state index >= 15 is 0 Å². The molecule has 13 nitrogen and oxygen atoms in total. The number of benzene rings is 4. The molecule has 0 heterocycles. The highest BCUT2D eigenvalue weighted by Gasteiger charge is 2.28. The predicted octanol–water partition coefficient (Wildman–Crippen LogP) is 4.05. The molecule has 56 heavy (non-hydrogen) atoms. The van der Waals surface area contributed by atoms with Crippen LogP contribution in [0.5, 0.6) is 0 Å². The molecule has 3 atom stereocenters. The molecule has 13 N–H and O–H groups in total. The number of nitrogens with two attached hydrogens (primary N) is 3. The fourth-order valence-electron chi connectivity index (χ4n) is 5.90. The van der Waals surface area contributed by atoms with Gasteiger partial charge in [0.1, 0.15) is 12.1 Å². The van der Waals surface area contributed by atoms with Crippen LogP contribution in [0.2, 0.25) is 10.0 Å². The third kappa shape index (κ3) is 14.5. The van der Waals surface area contributed by atoms with Crippen molar-refractivity contribution in [3.05, 3.63) is 118 Å². The molecule has 0 fully saturated rings. The molecule has 0 radical (unpaired) electrons. The quantitative estimate of drug-likeness (QED) is 0.0355. The molecule has 0 spiro atoms. The van der Waals surface area contributed by atoms with Crippen LogP contribution in [-0.4, -0.2) is 67.4 Å². The Bertz CT molecular complexity index is 1910. The Morgan fingerprint density at radius 3 is 1.38 bits per heavy atom. The second-order valence-electron chi connectivity index (χ2n) is 13.4. The zero-order valence-electron chi connectivity index (χ0n) is 31.0. The van der Waals surface area contributed by atoms with Crippen LogP contribution in [0.3, 0.4) is 0 Å². The lowest BCUT2D eigenvalue weighted by atomic mass is 9.99. The Morgan fingerprint density at radius 1 is 0.518 bits per heavy atom. The minimum Gasteiger partial charge on any atom is -0.370 e. The van der Waals surface area contributed by atoms with E-state index in [-0.39, 0.29) is 37.1 Å². The van der Waals surface area contributed by atoms with Gasteiger partial charge in [0.05, 0.1) is 6.04 Å². The first-order valence-corrected chi connectivity index (χ1v) is 19.1. The summed E-state index contributed by atoms with van der Waals surface area (Å²) in [4.78, 5) is 41.0. The summed E-state index contributed by atoms with van der Waals surface area (Å²) in [7, 11) is 0. The molecule has 0 saturated heterocycles. The topological polar surface area (TPSA) is 237 Å². The number of carbonyl (C=O) groups excluding carboxylic acids is 3. The number of nitrogens with one attached hydrogen (secondary N) is 7. The van der Waals surface area contributed by atoms with Gasteiger partial charge in [0.25, 0.3) is 0 Å². The number of halogens is 2. The molecule has 4 aromatic rings. The van der Waals surface area contributed by atoms with Crippen LogP contribution in [0.15, 0.2) is 97.1 Å². The molecule has 0 aromatic heterocycles. The summed E-state index contributed by atoms with van der Waals surface area (Å²) < 4.78 is 0. The molecule has 0 unspecified atom stereocenters. The van der Waals surface area contributed by atoms with E-state index in [0.29, 0.717) is 48.9 Å². The lowest BCUT2D eigenvalue weighted by Gasteiger charge is -2.25. The first-order valence-electron chi connectivity index (χ1n) is 18.4. The van der Waals surface area contributed by atoms with Gasteiger partial charge in [-0.05, 0) is 89.8 Å². The van der Waals surface area contributed by atoms with Crippen molar-refractivity contribution in [2.24, 2.45) is 17.2 Å². The summed E-state index contributed by atoms with van der Waals surface area (Å²) in [6.45, 7) is 1.12. The van der Waals surface area contributed by atoms with Gasteiger partial charge in [-0.15, -0.1) is 0 Å². The molecular formula is C41H50Cl2N10O3. The number of guanidine groups is 2. The molecule has 3 amide bonds. The highest BCUT2D eigenvalue weighted by Crippen LogP contribution is 2.24. The maximum absolute atomic E-state index is 13.9. The molecule has 4 aromatic carbocycles. The standard InChI is InChI=1S/C41H50Cl2N10O3/c42-32-17-13-30(14-18-32)28-9-5-26(6-10-28)24-34(44)37(54)52-35(4-3-23-51-41(47)48)39(56)53-36(38(55)49-21-1-2-22-50-40(45)46)25-27-7-11-29(12-8-27)31-15-19-33(43)20-16-31/h5-20,34-36H,1-4,21-25,44H2,(H,49,55)(H,52,54)(H,53,56)(H4,45,46,50)(H4,47,48,51)/t34-,35-,36-/m0/s1. The number of unbranched alkanes of at least 4 members (excludes halogenated alkanes) is 1. The van der Waals surface area contributed by atoms with Crippen molar-refractivity contribution in [3.63, 3.8) is 0 Å². The first kappa shape index (κ1) is 43.1. The molecule has 0 aliphatic carbocycles. The van der Waals surface area contributed by atoms with Crippen LogP contribution in [0.1, 0.15) is 36.8 Å². The highest BCUT2D eigenvalue weighted by atomic mass is 35.5. The van der Waals surface area contributed by atoms with Crippen LogP contribution in [0.4, 0.5) is 0 Å². The lowest BCUT2D eigenvalue weighted by molar-refractivity contribution is -0.132. The van der Waals surface area contributed by atoms with Crippen LogP contribution >= 0.6 is 23.2 Å². The van der Waals surface area contributed by atoms with Crippen molar-refractivity contribution in [3.8, 4) is 22.3 Å². The van der Waals surface area contributed by atoms with Gasteiger partial charge in [0.15, 0.2) is 11.9 Å². The van der Waals surface area contributed by atoms with Gasteiger partial charge in [-0.1, -0.05) is 96.0 Å². The average molecular weight is 802 g/mol. The van der Waals surface area contributed by atoms with Crippen molar-refractivity contribution >= 4 is 52.8 Å². The number of amides is 3. The van der Waals surface area contributed by atoms with Crippen LogP contribution in [0.25, 0.3) is 22.3 Å². The maximum Gasteiger partial charge on any atom is 0.243 e. The molecule has 0 bridgehead atoms. The van der Waals surface area contributed by atoms with E-state index in [1.807, 2.05) is 97.1 Å². The third-order valence-electron chi connectivity index (χ3n) is 8.96. The van der Waals surface area contributed by atoms with E-state index < -0.39 is 29.9 Å². The van der Waals surface area contributed by atoms with E-state index in [2.05, 4.69) is 26.6 Å². The Kier molecular flexibility index (Phi) is 17.0. The molecular weight excluding hydrogens is 751 g/mol. The van der Waals surface area contributed by atoms with Gasteiger partial charge >= 0.3 is 0 Å². The number of hydrogen-bond donors (Lipinski definition) is 10. The number of rotatable bonds is 20. The zero-order chi connectivity index (χ0) is 40.5. The van der Waals surface area contributed by atoms with Crippen molar-refractivity contribution in [2.45, 2.75) is 56.7 Å². The summed E-state index contributed by atoms with van der Waals surface area (Å²) in [6, 6.07) is 27.4. The highest BCUT2D eigenvalue weighted by molar-refractivity contribution is 6.30. The van der Waals surface area contributed by atoms with E-state index in [9.17, 15) is 14.4 Å². The van der Waals surface area contributed by atoms with E-state index in [0.717, 1.165) is 33.4 Å². The van der Waals surface area contributed by atoms with Crippen molar-refractivity contribution in [2.75, 3.05) is 19.6 Å². The van der Waals surface area contributed by atoms with E-state index in [1.54, 1.807) is 0 Å². The van der Waals surface area contributed by atoms with Crippen LogP contribution < -0.4 is 43.8 Å². The fraction of sp³-hybridized carbons (Fsp3) is 0.293. The Balaban J connectivity index is 1.45. The van der Waals surface area contributed by atoms with Crippen molar-refractivity contribution < 1.29 is 14.4 Å². The SMILES string of the molecule is N=C(N)NCCCCNC(=O)[C@H](Cc1ccc(-c2ccc(Cl)cc2)cc1)NC(=O)[C@H](CCCNC(=N)N)NC(=O)[C@@H](N)Cc1ccc(-c2ccc(Cl)cc2)cc1. The van der Waals surface area contributed by atoms with Gasteiger partial charge in [0.2, 0.25) is 17.7 Å². The second-order valence-corrected chi connectivity index (χ2v) is 14.2. The van der Waals surface area contributed by atoms with E-state index in [4.69, 9.17) is 51.2 Å². The molecule has 15 heteroatoms. The average Bonchev–Trinajstić information content (AvgIpc) is 3.18. The third-order valence-corrected chi connectivity index (χ3v) is 9.47. The van der Waals surface area contributed by atoms with Crippen molar-refractivity contribution in [1.82, 2.24) is 26.6 Å². The number of carbonyl (C=O) groups is 3. The summed E-state index contributed by atoms with van der Waals surface area (Å²) in [5.41, 5.74) is 22.7. The second kappa shape index (κ2) is 22.1. The molecule has 0 aliphatic rings. The fourth-order valence-corrected chi connectivity index (χ4v) is 6.15. The Labute approximate surface area is 337 Å². The zero-order valence-corrected chi connectivity index (χ0v) is 32.6. The smallest absolute Gasteiger partial charge is 0.243 e. The summed E-state index contributed by atoms with van der Waals surface area (Å²) in [5.74, 6) is -1.80. The molecule has 0 saturated carbocycles. The summed E-state index contributed by atoms with van der Waals surface area (Å²) in [6.07, 6.45) is 2.27. The normalized spacial score (nSPS) is 12.4. The van der Waals surface area contributed by atoms with Crippen molar-refractivity contribution in [1.29, 1.82) is 10.8 Å². The molecule has 4 rings (SSSR count). The monoisotopic (exact) mass is 800 g/mol. The maximum atomic E-state index is 13.9. The van der Waals surface area contributed by atoms with Gasteiger partial charge in [0, 0.05) is 36.1 Å². The number of hydrogen-bond acceptors (Lipinski definition) is 6. The minimum atomic E-state index is -1.03. The largest absolute Gasteiger partial charge is 0.370 e. The Morgan fingerprint density at radius 2 is 0.911 bits per heavy atom. The summed E-state index contributed by atoms with van der Waals surface area (Å²) >= 11 is 12.1. The minimum absolute atomic E-state index is 0.123.